The van der Waals surface area contributed by atoms with Gasteiger partial charge in [-0.1, -0.05) is 41.6 Å². The fraction of sp³-hybridized carbons (Fsp3) is 0.174. The third-order valence-electron chi connectivity index (χ3n) is 5.50. The molecular weight excluding hydrogens is 384 g/mol. The predicted octanol–water partition coefficient (Wildman–Crippen LogP) is 3.15. The van der Waals surface area contributed by atoms with Gasteiger partial charge in [0.2, 0.25) is 12.0 Å². The Hall–Kier alpha value is -3.87. The van der Waals surface area contributed by atoms with E-state index in [1.54, 1.807) is 31.4 Å². The number of imide groups is 1. The van der Waals surface area contributed by atoms with E-state index in [1.165, 1.54) is 12.0 Å². The maximum atomic E-state index is 13.5. The lowest BCUT2D eigenvalue weighted by Gasteiger charge is -2.18. The number of nitrogens with zero attached hydrogens (tertiary/aromatic N) is 2. The van der Waals surface area contributed by atoms with Crippen LogP contribution in [0.2, 0.25) is 0 Å². The number of carbonyl (C=O) groups is 2. The molecule has 0 radical (unpaired) electrons. The molecule has 5 rings (SSSR count). The summed E-state index contributed by atoms with van der Waals surface area (Å²) in [7, 11) is 3.08. The Kier molecular flexibility index (Phi) is 4.17. The van der Waals surface area contributed by atoms with Gasteiger partial charge in [-0.2, -0.15) is 0 Å². The van der Waals surface area contributed by atoms with Crippen LogP contribution >= 0.6 is 0 Å². The van der Waals surface area contributed by atoms with Crippen LogP contribution in [0.15, 0.2) is 65.8 Å². The van der Waals surface area contributed by atoms with Gasteiger partial charge in [-0.25, -0.2) is 4.90 Å². The van der Waals surface area contributed by atoms with Gasteiger partial charge in [0.1, 0.15) is 23.1 Å². The Bertz CT molecular complexity index is 1210. The molecule has 0 aliphatic carbocycles. The molecule has 7 heteroatoms. The first-order valence-corrected chi connectivity index (χ1v) is 9.45. The van der Waals surface area contributed by atoms with Crippen molar-refractivity contribution in [2.24, 2.45) is 11.1 Å². The number of hydrogen-bond donors (Lipinski definition) is 0. The lowest BCUT2D eigenvalue weighted by atomic mass is 9.93. The lowest BCUT2D eigenvalue weighted by Crippen LogP contribution is -2.33. The van der Waals surface area contributed by atoms with Gasteiger partial charge in [-0.15, -0.1) is 0 Å². The van der Waals surface area contributed by atoms with Crippen molar-refractivity contribution in [1.29, 1.82) is 0 Å². The van der Waals surface area contributed by atoms with Crippen LogP contribution in [0.25, 0.3) is 10.8 Å². The molecule has 2 atom stereocenters. The minimum atomic E-state index is -0.998. The number of anilines is 1. The highest BCUT2D eigenvalue weighted by atomic mass is 16.7. The zero-order chi connectivity index (χ0) is 20.8. The molecular formula is C23H18N2O5. The summed E-state index contributed by atoms with van der Waals surface area (Å²) in [6.07, 6.45) is -0.998. The SMILES string of the molecule is COc1ccc(OC)c(C2=NO[C@H]3C(=O)N(c4cccc5ccccc45)C(=O)[C@@H]23)c1. The third kappa shape index (κ3) is 2.55. The number of methoxy groups -OCH3 is 2. The van der Waals surface area contributed by atoms with Crippen LogP contribution < -0.4 is 14.4 Å². The van der Waals surface area contributed by atoms with Crippen LogP contribution in [0.3, 0.4) is 0 Å². The van der Waals surface area contributed by atoms with E-state index in [-0.39, 0.29) is 5.91 Å². The largest absolute Gasteiger partial charge is 0.497 e. The summed E-state index contributed by atoms with van der Waals surface area (Å²) in [5.41, 5.74) is 1.46. The summed E-state index contributed by atoms with van der Waals surface area (Å²) >= 11 is 0. The lowest BCUT2D eigenvalue weighted by molar-refractivity contribution is -0.126. The Balaban J connectivity index is 1.59. The molecule has 3 aromatic rings. The molecule has 30 heavy (non-hydrogen) atoms. The number of amides is 2. The van der Waals surface area contributed by atoms with Crippen molar-refractivity contribution < 1.29 is 23.9 Å². The molecule has 150 valence electrons. The summed E-state index contributed by atoms with van der Waals surface area (Å²) in [5.74, 6) is -0.552. The first-order chi connectivity index (χ1) is 14.6. The molecule has 0 aromatic heterocycles. The number of oxime groups is 1. The average molecular weight is 402 g/mol. The zero-order valence-electron chi connectivity index (χ0n) is 16.4. The topological polar surface area (TPSA) is 77.4 Å². The maximum absolute atomic E-state index is 13.5. The third-order valence-corrected chi connectivity index (χ3v) is 5.50. The normalized spacial score (nSPS) is 20.2. The standard InChI is InChI=1S/C23H18N2O5/c1-28-14-10-11-18(29-2)16(12-14)20-19-21(30-24-20)23(27)25(22(19)26)17-9-5-7-13-6-3-4-8-15(13)17/h3-12,19,21H,1-2H3/t19-,21+/m0/s1. The highest BCUT2D eigenvalue weighted by Crippen LogP contribution is 2.39. The predicted molar refractivity (Wildman–Crippen MR) is 111 cm³/mol. The monoisotopic (exact) mass is 402 g/mol. The molecule has 0 N–H and O–H groups in total. The second-order valence-electron chi connectivity index (χ2n) is 7.06. The van der Waals surface area contributed by atoms with E-state index in [0.717, 1.165) is 10.8 Å². The molecule has 7 nitrogen and oxygen atoms in total. The maximum Gasteiger partial charge on any atom is 0.278 e. The Morgan fingerprint density at radius 1 is 0.933 bits per heavy atom. The highest BCUT2D eigenvalue weighted by Gasteiger charge is 2.56. The van der Waals surface area contributed by atoms with Crippen LogP contribution in [-0.4, -0.2) is 37.8 Å². The summed E-state index contributed by atoms with van der Waals surface area (Å²) < 4.78 is 10.7. The molecule has 2 aliphatic heterocycles. The number of hydrogen-bond acceptors (Lipinski definition) is 6. The van der Waals surface area contributed by atoms with Crippen LogP contribution in [0.5, 0.6) is 11.5 Å². The molecule has 0 unspecified atom stereocenters. The van der Waals surface area contributed by atoms with Crippen LogP contribution in [0.1, 0.15) is 5.56 Å². The molecule has 0 bridgehead atoms. The van der Waals surface area contributed by atoms with E-state index in [0.29, 0.717) is 28.5 Å². The second kappa shape index (κ2) is 6.88. The number of benzene rings is 3. The van der Waals surface area contributed by atoms with Gasteiger partial charge < -0.3 is 14.3 Å². The van der Waals surface area contributed by atoms with Crippen molar-refractivity contribution >= 4 is 34.0 Å². The highest BCUT2D eigenvalue weighted by molar-refractivity contribution is 6.34. The Morgan fingerprint density at radius 2 is 1.73 bits per heavy atom. The fourth-order valence-electron chi connectivity index (χ4n) is 4.06. The van der Waals surface area contributed by atoms with E-state index >= 15 is 0 Å². The summed E-state index contributed by atoms with van der Waals surface area (Å²) in [6.45, 7) is 0. The van der Waals surface area contributed by atoms with Gasteiger partial charge in [0.15, 0.2) is 0 Å². The fourth-order valence-corrected chi connectivity index (χ4v) is 4.06. The van der Waals surface area contributed by atoms with Gasteiger partial charge in [-0.05, 0) is 29.7 Å². The van der Waals surface area contributed by atoms with Crippen molar-refractivity contribution in [2.75, 3.05) is 19.1 Å². The van der Waals surface area contributed by atoms with E-state index in [9.17, 15) is 9.59 Å². The summed E-state index contributed by atoms with van der Waals surface area (Å²) in [5, 5.41) is 5.84. The van der Waals surface area contributed by atoms with Crippen LogP contribution in [-0.2, 0) is 14.4 Å². The molecule has 2 heterocycles. The van der Waals surface area contributed by atoms with E-state index in [2.05, 4.69) is 5.16 Å². The number of rotatable bonds is 4. The van der Waals surface area contributed by atoms with E-state index in [1.807, 2.05) is 36.4 Å². The molecule has 0 saturated carbocycles. The Morgan fingerprint density at radius 3 is 2.53 bits per heavy atom. The van der Waals surface area contributed by atoms with Crippen LogP contribution in [0.4, 0.5) is 5.69 Å². The van der Waals surface area contributed by atoms with E-state index in [4.69, 9.17) is 14.3 Å². The average Bonchev–Trinajstić information content (AvgIpc) is 3.33. The zero-order valence-corrected chi connectivity index (χ0v) is 16.4. The minimum Gasteiger partial charge on any atom is -0.497 e. The summed E-state index contributed by atoms with van der Waals surface area (Å²) in [4.78, 5) is 33.2. The first kappa shape index (κ1) is 18.2. The molecule has 2 aliphatic rings. The first-order valence-electron chi connectivity index (χ1n) is 9.45. The number of fused-ring (bicyclic) bond motifs is 2. The van der Waals surface area contributed by atoms with Gasteiger partial charge in [-0.3, -0.25) is 9.59 Å². The quantitative estimate of drug-likeness (QED) is 0.627. The molecule has 2 amide bonds. The van der Waals surface area contributed by atoms with Crippen molar-refractivity contribution in [3.8, 4) is 11.5 Å². The molecule has 0 spiro atoms. The minimum absolute atomic E-state index is 0.358. The van der Waals surface area contributed by atoms with Crippen molar-refractivity contribution in [3.63, 3.8) is 0 Å². The smallest absolute Gasteiger partial charge is 0.278 e. The van der Waals surface area contributed by atoms with Crippen molar-refractivity contribution in [1.82, 2.24) is 0 Å². The summed E-state index contributed by atoms with van der Waals surface area (Å²) in [6, 6.07) is 18.4. The van der Waals surface area contributed by atoms with Crippen molar-refractivity contribution in [3.05, 3.63) is 66.2 Å². The van der Waals surface area contributed by atoms with Gasteiger partial charge >= 0.3 is 0 Å². The Labute approximate surface area is 172 Å². The molecule has 1 saturated heterocycles. The van der Waals surface area contributed by atoms with E-state index < -0.39 is 17.9 Å². The number of ether oxygens (including phenoxy) is 2. The molecule has 1 fully saturated rings. The second-order valence-corrected chi connectivity index (χ2v) is 7.06. The molecule has 3 aromatic carbocycles. The van der Waals surface area contributed by atoms with Gasteiger partial charge in [0.25, 0.3) is 5.91 Å². The number of carbonyl (C=O) groups excluding carboxylic acids is 2. The van der Waals surface area contributed by atoms with Crippen molar-refractivity contribution in [2.45, 2.75) is 6.10 Å². The van der Waals surface area contributed by atoms with Gasteiger partial charge in [0.05, 0.1) is 19.9 Å². The van der Waals surface area contributed by atoms with Crippen LogP contribution in [0, 0.1) is 5.92 Å². The van der Waals surface area contributed by atoms with Gasteiger partial charge in [0, 0.05) is 10.9 Å².